The predicted molar refractivity (Wildman–Crippen MR) is 120 cm³/mol. The first-order valence-electron chi connectivity index (χ1n) is 10.1. The number of carbonyl (C=O) groups excluding carboxylic acids is 1. The molecule has 29 heavy (non-hydrogen) atoms. The van der Waals surface area contributed by atoms with E-state index in [4.69, 9.17) is 0 Å². The molecule has 1 aromatic carbocycles. The second kappa shape index (κ2) is 8.55. The molecule has 0 saturated carbocycles. The number of nitrogens with one attached hydrogen (secondary N) is 1. The van der Waals surface area contributed by atoms with E-state index in [-0.39, 0.29) is 11.9 Å². The lowest BCUT2D eigenvalue weighted by atomic mass is 10.1. The van der Waals surface area contributed by atoms with Crippen molar-refractivity contribution in [3.05, 3.63) is 53.3 Å². The van der Waals surface area contributed by atoms with Crippen LogP contribution in [0.15, 0.2) is 36.5 Å². The lowest BCUT2D eigenvalue weighted by molar-refractivity contribution is 0.102. The third-order valence-corrected chi connectivity index (χ3v) is 6.13. The highest BCUT2D eigenvalue weighted by Gasteiger charge is 2.16. The number of rotatable bonds is 5. The van der Waals surface area contributed by atoms with Crippen molar-refractivity contribution in [2.24, 2.45) is 0 Å². The summed E-state index contributed by atoms with van der Waals surface area (Å²) in [4.78, 5) is 20.0. The Kier molecular flexibility index (Phi) is 5.87. The van der Waals surface area contributed by atoms with Gasteiger partial charge in [-0.3, -0.25) is 9.69 Å². The number of hydrogen-bond donors (Lipinski definition) is 1. The second-order valence-corrected chi connectivity index (χ2v) is 8.98. The van der Waals surface area contributed by atoms with Crippen LogP contribution in [0.25, 0.3) is 11.0 Å². The molecule has 2 aromatic heterocycles. The summed E-state index contributed by atoms with van der Waals surface area (Å²) in [5.41, 5.74) is 4.14. The van der Waals surface area contributed by atoms with Gasteiger partial charge in [-0.15, -0.1) is 0 Å². The van der Waals surface area contributed by atoms with Gasteiger partial charge in [-0.1, -0.05) is 12.1 Å². The zero-order valence-electron chi connectivity index (χ0n) is 17.2. The van der Waals surface area contributed by atoms with Crippen LogP contribution in [0.4, 0.5) is 5.69 Å². The summed E-state index contributed by atoms with van der Waals surface area (Å²) in [5.74, 6) is 2.25. The Labute approximate surface area is 175 Å². The summed E-state index contributed by atoms with van der Waals surface area (Å²) >= 11 is 2.01. The number of pyridine rings is 1. The highest BCUT2D eigenvalue weighted by Crippen LogP contribution is 2.21. The van der Waals surface area contributed by atoms with E-state index in [2.05, 4.69) is 46.3 Å². The van der Waals surface area contributed by atoms with Gasteiger partial charge in [-0.2, -0.15) is 16.9 Å². The zero-order chi connectivity index (χ0) is 20.4. The van der Waals surface area contributed by atoms with Gasteiger partial charge in [-0.25, -0.2) is 9.67 Å². The molecule has 1 aliphatic heterocycles. The molecule has 1 aliphatic rings. The van der Waals surface area contributed by atoms with Crippen LogP contribution < -0.4 is 5.32 Å². The molecule has 1 fully saturated rings. The summed E-state index contributed by atoms with van der Waals surface area (Å²) in [6, 6.07) is 10.2. The maximum atomic E-state index is 12.9. The molecule has 152 valence electrons. The minimum absolute atomic E-state index is 0.138. The van der Waals surface area contributed by atoms with Crippen molar-refractivity contribution in [2.75, 3.05) is 29.9 Å². The van der Waals surface area contributed by atoms with Gasteiger partial charge in [0.1, 0.15) is 0 Å². The summed E-state index contributed by atoms with van der Waals surface area (Å²) < 4.78 is 1.88. The van der Waals surface area contributed by atoms with E-state index in [0.717, 1.165) is 36.4 Å². The number of hydrogen-bond acceptors (Lipinski definition) is 5. The van der Waals surface area contributed by atoms with E-state index in [0.29, 0.717) is 11.3 Å². The molecule has 4 rings (SSSR count). The molecule has 1 amide bonds. The maximum absolute atomic E-state index is 12.9. The Morgan fingerprint density at radius 2 is 2.03 bits per heavy atom. The van der Waals surface area contributed by atoms with Crippen LogP contribution in [0.2, 0.25) is 0 Å². The molecule has 3 aromatic rings. The number of amides is 1. The number of nitrogens with zero attached hydrogens (tertiary/aromatic N) is 4. The third-order valence-electron chi connectivity index (χ3n) is 5.19. The van der Waals surface area contributed by atoms with Gasteiger partial charge in [0.05, 0.1) is 17.5 Å². The molecule has 0 aliphatic carbocycles. The largest absolute Gasteiger partial charge is 0.322 e. The number of fused-ring (bicyclic) bond motifs is 1. The Bertz CT molecular complexity index is 1020. The van der Waals surface area contributed by atoms with Gasteiger partial charge in [0.25, 0.3) is 5.91 Å². The van der Waals surface area contributed by atoms with Crippen molar-refractivity contribution in [3.63, 3.8) is 0 Å². The van der Waals surface area contributed by atoms with Crippen molar-refractivity contribution >= 4 is 34.4 Å². The number of benzene rings is 1. The molecule has 3 heterocycles. The number of thioether (sulfide) groups is 1. The minimum Gasteiger partial charge on any atom is -0.322 e. The molecule has 7 heteroatoms. The van der Waals surface area contributed by atoms with Crippen molar-refractivity contribution in [1.29, 1.82) is 0 Å². The maximum Gasteiger partial charge on any atom is 0.257 e. The minimum atomic E-state index is -0.138. The molecule has 6 nitrogen and oxygen atoms in total. The molecule has 1 saturated heterocycles. The molecule has 0 atom stereocenters. The van der Waals surface area contributed by atoms with Gasteiger partial charge >= 0.3 is 0 Å². The fourth-order valence-electron chi connectivity index (χ4n) is 3.64. The Morgan fingerprint density at radius 1 is 1.24 bits per heavy atom. The lowest BCUT2D eigenvalue weighted by Gasteiger charge is -2.26. The number of carbonyl (C=O) groups is 1. The van der Waals surface area contributed by atoms with Gasteiger partial charge in [-0.05, 0) is 44.5 Å². The van der Waals surface area contributed by atoms with E-state index in [9.17, 15) is 4.79 Å². The highest BCUT2D eigenvalue weighted by atomic mass is 32.2. The average molecular weight is 410 g/mol. The fraction of sp³-hybridized carbons (Fsp3) is 0.409. The monoisotopic (exact) mass is 409 g/mol. The number of aromatic nitrogens is 3. The Hall–Kier alpha value is -2.38. The van der Waals surface area contributed by atoms with E-state index < -0.39 is 0 Å². The summed E-state index contributed by atoms with van der Waals surface area (Å²) in [6.45, 7) is 9.17. The summed E-state index contributed by atoms with van der Waals surface area (Å²) in [6.07, 6.45) is 1.77. The van der Waals surface area contributed by atoms with Crippen LogP contribution >= 0.6 is 11.8 Å². The normalized spacial score (nSPS) is 15.2. The van der Waals surface area contributed by atoms with Crippen LogP contribution in [0.1, 0.15) is 41.5 Å². The van der Waals surface area contributed by atoms with Crippen LogP contribution in [0.3, 0.4) is 0 Å². The number of aryl methyl sites for hydroxylation is 1. The van der Waals surface area contributed by atoms with Gasteiger partial charge in [0.2, 0.25) is 0 Å². The van der Waals surface area contributed by atoms with E-state index in [1.165, 1.54) is 17.1 Å². The first-order chi connectivity index (χ1) is 14.0. The fourth-order valence-corrected chi connectivity index (χ4v) is 4.62. The first-order valence-corrected chi connectivity index (χ1v) is 11.2. The van der Waals surface area contributed by atoms with Gasteiger partial charge < -0.3 is 5.32 Å². The molecule has 0 unspecified atom stereocenters. The Morgan fingerprint density at radius 3 is 2.79 bits per heavy atom. The van der Waals surface area contributed by atoms with Crippen LogP contribution in [-0.2, 0) is 6.54 Å². The highest BCUT2D eigenvalue weighted by molar-refractivity contribution is 7.99. The second-order valence-electron chi connectivity index (χ2n) is 7.76. The first kappa shape index (κ1) is 19.9. The van der Waals surface area contributed by atoms with Gasteiger partial charge in [0.15, 0.2) is 5.65 Å². The standard InChI is InChI=1S/C22H27N5OS/c1-15(2)27-21-18(13-23-27)12-20(16(3)24-21)22(28)25-19-6-4-5-17(11-19)14-26-7-9-29-10-8-26/h4-6,11-13,15H,7-10,14H2,1-3H3,(H,25,28). The van der Waals surface area contributed by atoms with Crippen LogP contribution in [0, 0.1) is 6.92 Å². The quantitative estimate of drug-likeness (QED) is 0.687. The van der Waals surface area contributed by atoms with Crippen LogP contribution in [-0.4, -0.2) is 50.2 Å². The van der Waals surface area contributed by atoms with Crippen molar-refractivity contribution in [3.8, 4) is 0 Å². The molecular formula is C22H27N5OS. The predicted octanol–water partition coefficient (Wildman–Crippen LogP) is 4.12. The molecule has 0 spiro atoms. The van der Waals surface area contributed by atoms with Gasteiger partial charge in [0, 0.05) is 48.3 Å². The third kappa shape index (κ3) is 4.46. The van der Waals surface area contributed by atoms with Crippen molar-refractivity contribution in [1.82, 2.24) is 19.7 Å². The van der Waals surface area contributed by atoms with E-state index >= 15 is 0 Å². The van der Waals surface area contributed by atoms with Crippen molar-refractivity contribution in [2.45, 2.75) is 33.4 Å². The molecular weight excluding hydrogens is 382 g/mol. The molecule has 0 radical (unpaired) electrons. The molecule has 1 N–H and O–H groups in total. The molecule has 0 bridgehead atoms. The topological polar surface area (TPSA) is 63.1 Å². The van der Waals surface area contributed by atoms with E-state index in [1.807, 2.05) is 41.6 Å². The van der Waals surface area contributed by atoms with E-state index in [1.54, 1.807) is 6.20 Å². The number of anilines is 1. The zero-order valence-corrected chi connectivity index (χ0v) is 18.0. The summed E-state index contributed by atoms with van der Waals surface area (Å²) in [7, 11) is 0. The Balaban J connectivity index is 1.52. The van der Waals surface area contributed by atoms with Crippen LogP contribution in [0.5, 0.6) is 0 Å². The van der Waals surface area contributed by atoms with Crippen molar-refractivity contribution < 1.29 is 4.79 Å². The lowest BCUT2D eigenvalue weighted by Crippen LogP contribution is -2.31. The smallest absolute Gasteiger partial charge is 0.257 e. The summed E-state index contributed by atoms with van der Waals surface area (Å²) in [5, 5.41) is 8.33. The average Bonchev–Trinajstić information content (AvgIpc) is 3.11. The SMILES string of the molecule is Cc1nc2c(cnn2C(C)C)cc1C(=O)Nc1cccc(CN2CCSCC2)c1.